The summed E-state index contributed by atoms with van der Waals surface area (Å²) in [7, 11) is -1.52. The summed E-state index contributed by atoms with van der Waals surface area (Å²) in [4.78, 5) is 1.56. The molecule has 1 aliphatic heterocycles. The molecule has 4 nitrogen and oxygen atoms in total. The number of hydrogen-bond acceptors (Lipinski definition) is 4. The molecule has 0 aliphatic carbocycles. The fourth-order valence-corrected chi connectivity index (χ4v) is 4.25. The summed E-state index contributed by atoms with van der Waals surface area (Å²) < 4.78 is 61.8. The average molecular weight is 323 g/mol. The molecule has 1 atom stereocenters. The van der Waals surface area contributed by atoms with E-state index >= 15 is 0 Å². The van der Waals surface area contributed by atoms with E-state index in [1.807, 2.05) is 0 Å². The van der Waals surface area contributed by atoms with Gasteiger partial charge >= 0.3 is 6.18 Å². The molecule has 1 aromatic carbocycles. The maximum atomic E-state index is 13.0. The second-order valence-electron chi connectivity index (χ2n) is 5.17. The third kappa shape index (κ3) is 3.49. The van der Waals surface area contributed by atoms with Crippen LogP contribution in [0.4, 0.5) is 18.9 Å². The van der Waals surface area contributed by atoms with Crippen LogP contribution in [0.15, 0.2) is 18.2 Å². The quantitative estimate of drug-likeness (QED) is 0.922. The Morgan fingerprint density at radius 2 is 2.05 bits per heavy atom. The number of nitrogens with zero attached hydrogens (tertiary/aromatic N) is 1. The van der Waals surface area contributed by atoms with Crippen LogP contribution in [0.3, 0.4) is 0 Å². The highest BCUT2D eigenvalue weighted by molar-refractivity contribution is 7.91. The second kappa shape index (κ2) is 5.49. The molecule has 118 valence electrons. The molecule has 1 heterocycles. The van der Waals surface area contributed by atoms with Gasteiger partial charge in [0.15, 0.2) is 9.84 Å². The van der Waals surface area contributed by atoms with E-state index in [1.54, 1.807) is 11.9 Å². The van der Waals surface area contributed by atoms with Crippen molar-refractivity contribution in [1.82, 2.24) is 0 Å². The lowest BCUT2D eigenvalue weighted by atomic mass is 10.1. The van der Waals surface area contributed by atoms with Gasteiger partial charge < -0.3 is 10.0 Å². The second-order valence-corrected chi connectivity index (χ2v) is 7.39. The fourth-order valence-electron chi connectivity index (χ4n) is 2.48. The van der Waals surface area contributed by atoms with Gasteiger partial charge in [0, 0.05) is 18.8 Å². The normalized spacial score (nSPS) is 21.5. The number of rotatable bonds is 3. The lowest BCUT2D eigenvalue weighted by Gasteiger charge is -2.27. The van der Waals surface area contributed by atoms with Crippen molar-refractivity contribution >= 4 is 15.5 Å². The zero-order chi connectivity index (χ0) is 15.8. The molecule has 1 aromatic rings. The average Bonchev–Trinajstić information content (AvgIpc) is 2.76. The van der Waals surface area contributed by atoms with Crippen molar-refractivity contribution < 1.29 is 26.7 Å². The maximum absolute atomic E-state index is 13.0. The summed E-state index contributed by atoms with van der Waals surface area (Å²) in [5, 5.41) is 9.00. The van der Waals surface area contributed by atoms with Gasteiger partial charge in [0.2, 0.25) is 0 Å². The minimum absolute atomic E-state index is 0.0490. The lowest BCUT2D eigenvalue weighted by molar-refractivity contribution is -0.138. The monoisotopic (exact) mass is 323 g/mol. The first-order valence-electron chi connectivity index (χ1n) is 6.38. The van der Waals surface area contributed by atoms with Gasteiger partial charge in [-0.15, -0.1) is 0 Å². The molecule has 0 saturated carbocycles. The first-order valence-corrected chi connectivity index (χ1v) is 8.20. The lowest BCUT2D eigenvalue weighted by Crippen LogP contribution is -2.32. The van der Waals surface area contributed by atoms with Crippen LogP contribution in [0.2, 0.25) is 0 Å². The van der Waals surface area contributed by atoms with Crippen molar-refractivity contribution in [2.75, 3.05) is 23.5 Å². The van der Waals surface area contributed by atoms with Gasteiger partial charge in [0.05, 0.1) is 23.7 Å². The number of benzene rings is 1. The van der Waals surface area contributed by atoms with Crippen LogP contribution in [-0.4, -0.2) is 38.1 Å². The van der Waals surface area contributed by atoms with Gasteiger partial charge in [-0.25, -0.2) is 8.42 Å². The summed E-state index contributed by atoms with van der Waals surface area (Å²) in [5.41, 5.74) is -0.796. The maximum Gasteiger partial charge on any atom is 0.416 e. The minimum atomic E-state index is -4.56. The SMILES string of the molecule is CN(c1ccc(CO)c(C(F)(F)F)c1)C1CCS(=O)(=O)C1. The zero-order valence-corrected chi connectivity index (χ0v) is 12.2. The number of halogens is 3. The van der Waals surface area contributed by atoms with Gasteiger partial charge in [-0.05, 0) is 24.1 Å². The van der Waals surface area contributed by atoms with Crippen molar-refractivity contribution in [3.8, 4) is 0 Å². The molecule has 0 bridgehead atoms. The van der Waals surface area contributed by atoms with E-state index in [2.05, 4.69) is 0 Å². The van der Waals surface area contributed by atoms with Crippen LogP contribution in [0.1, 0.15) is 17.5 Å². The molecule has 0 radical (unpaired) electrons. The molecule has 8 heteroatoms. The topological polar surface area (TPSA) is 57.6 Å². The first-order chi connectivity index (χ1) is 9.64. The molecule has 1 N–H and O–H groups in total. The number of hydrogen-bond donors (Lipinski definition) is 1. The highest BCUT2D eigenvalue weighted by Gasteiger charge is 2.35. The Bertz CT molecular complexity index is 628. The molecule has 0 amide bonds. The predicted octanol–water partition coefficient (Wildman–Crippen LogP) is 1.82. The molecule has 1 fully saturated rings. The van der Waals surface area contributed by atoms with Crippen LogP contribution in [-0.2, 0) is 22.6 Å². The Labute approximate surface area is 121 Å². The largest absolute Gasteiger partial charge is 0.416 e. The molecular formula is C13H16F3NO3S. The Balaban J connectivity index is 2.32. The Kier molecular flexibility index (Phi) is 4.21. The number of sulfone groups is 1. The summed E-state index contributed by atoms with van der Waals surface area (Å²) in [6.07, 6.45) is -4.15. The van der Waals surface area contributed by atoms with E-state index < -0.39 is 28.2 Å². The third-order valence-electron chi connectivity index (χ3n) is 3.73. The highest BCUT2D eigenvalue weighted by atomic mass is 32.2. The Morgan fingerprint density at radius 3 is 2.52 bits per heavy atom. The van der Waals surface area contributed by atoms with E-state index in [9.17, 15) is 21.6 Å². The van der Waals surface area contributed by atoms with E-state index in [1.165, 1.54) is 12.1 Å². The van der Waals surface area contributed by atoms with Crippen molar-refractivity contribution in [2.24, 2.45) is 0 Å². The zero-order valence-electron chi connectivity index (χ0n) is 11.4. The summed E-state index contributed by atoms with van der Waals surface area (Å²) in [6.45, 7) is -0.698. The standard InChI is InChI=1S/C13H16F3NO3S/c1-17(11-4-5-21(19,20)8-11)10-3-2-9(7-18)12(6-10)13(14,15)16/h2-3,6,11,18H,4-5,7-8H2,1H3. The Morgan fingerprint density at radius 1 is 1.38 bits per heavy atom. The van der Waals surface area contributed by atoms with Gasteiger partial charge in [-0.3, -0.25) is 0 Å². The number of aliphatic hydroxyl groups is 1. The number of anilines is 1. The van der Waals surface area contributed by atoms with Crippen LogP contribution >= 0.6 is 0 Å². The highest BCUT2D eigenvalue weighted by Crippen LogP contribution is 2.35. The fraction of sp³-hybridized carbons (Fsp3) is 0.538. The predicted molar refractivity (Wildman–Crippen MR) is 72.8 cm³/mol. The van der Waals surface area contributed by atoms with Gasteiger partial charge in [0.25, 0.3) is 0 Å². The smallest absolute Gasteiger partial charge is 0.392 e. The Hall–Kier alpha value is -1.28. The molecule has 1 aliphatic rings. The molecule has 0 aromatic heterocycles. The third-order valence-corrected chi connectivity index (χ3v) is 5.48. The van der Waals surface area contributed by atoms with Crippen LogP contribution in [0.25, 0.3) is 0 Å². The summed E-state index contributed by atoms with van der Waals surface area (Å²) >= 11 is 0. The minimum Gasteiger partial charge on any atom is -0.392 e. The van der Waals surface area contributed by atoms with E-state index in [0.29, 0.717) is 12.1 Å². The van der Waals surface area contributed by atoms with Crippen LogP contribution < -0.4 is 4.90 Å². The van der Waals surface area contributed by atoms with Crippen LogP contribution in [0, 0.1) is 0 Å². The molecule has 2 rings (SSSR count). The summed E-state index contributed by atoms with van der Waals surface area (Å²) in [5.74, 6) is 0.00939. The molecule has 21 heavy (non-hydrogen) atoms. The molecular weight excluding hydrogens is 307 g/mol. The number of aliphatic hydroxyl groups excluding tert-OH is 1. The number of alkyl halides is 3. The first kappa shape index (κ1) is 16.1. The van der Waals surface area contributed by atoms with Gasteiger partial charge in [-0.2, -0.15) is 13.2 Å². The van der Waals surface area contributed by atoms with Crippen molar-refractivity contribution in [3.63, 3.8) is 0 Å². The molecule has 1 saturated heterocycles. The van der Waals surface area contributed by atoms with E-state index in [4.69, 9.17) is 5.11 Å². The van der Waals surface area contributed by atoms with Crippen molar-refractivity contribution in [3.05, 3.63) is 29.3 Å². The van der Waals surface area contributed by atoms with E-state index in [-0.39, 0.29) is 23.1 Å². The van der Waals surface area contributed by atoms with Crippen molar-refractivity contribution in [1.29, 1.82) is 0 Å². The molecule has 0 spiro atoms. The summed E-state index contributed by atoms with van der Waals surface area (Å²) in [6, 6.07) is 3.32. The van der Waals surface area contributed by atoms with Gasteiger partial charge in [0.1, 0.15) is 0 Å². The van der Waals surface area contributed by atoms with Crippen molar-refractivity contribution in [2.45, 2.75) is 25.2 Å². The van der Waals surface area contributed by atoms with E-state index in [0.717, 1.165) is 6.07 Å². The molecule has 1 unspecified atom stereocenters. The van der Waals surface area contributed by atoms with Crippen LogP contribution in [0.5, 0.6) is 0 Å². The van der Waals surface area contributed by atoms with Gasteiger partial charge in [-0.1, -0.05) is 6.07 Å².